The smallest absolute Gasteiger partial charge is 0.304 e. The zero-order chi connectivity index (χ0) is 23.6. The Morgan fingerprint density at radius 3 is 2.27 bits per heavy atom. The molecule has 0 unspecified atom stereocenters. The predicted molar refractivity (Wildman–Crippen MR) is 126 cm³/mol. The van der Waals surface area contributed by atoms with Crippen molar-refractivity contribution in [2.45, 2.75) is 51.0 Å². The number of likely N-dealkylation sites (tertiary alicyclic amines) is 1. The molecule has 1 aliphatic heterocycles. The SMILES string of the molecule is NCCCCc1ccc(OC[C@@H]2C[C@@H](CC(=O)O)C(=O)N2CCCc2ccc(O)cc2)cc1. The summed E-state index contributed by atoms with van der Waals surface area (Å²) in [6.45, 7) is 1.59. The number of unbranched alkanes of at least 4 members (excludes halogenated alkanes) is 1. The van der Waals surface area contributed by atoms with Crippen molar-refractivity contribution < 1.29 is 24.5 Å². The van der Waals surface area contributed by atoms with Gasteiger partial charge in [0.1, 0.15) is 18.1 Å². The van der Waals surface area contributed by atoms with Crippen LogP contribution in [0.1, 0.15) is 43.2 Å². The molecule has 1 saturated heterocycles. The molecule has 0 bridgehead atoms. The number of hydrogen-bond acceptors (Lipinski definition) is 5. The monoisotopic (exact) mass is 454 g/mol. The molecule has 1 fully saturated rings. The maximum Gasteiger partial charge on any atom is 0.304 e. The quantitative estimate of drug-likeness (QED) is 0.400. The van der Waals surface area contributed by atoms with Gasteiger partial charge in [-0.25, -0.2) is 0 Å². The number of nitrogens with zero attached hydrogens (tertiary/aromatic N) is 1. The summed E-state index contributed by atoms with van der Waals surface area (Å²) in [6.07, 6.45) is 4.92. The molecule has 2 atom stereocenters. The molecule has 0 spiro atoms. The standard InChI is InChI=1S/C26H34N2O5/c27-14-2-1-4-19-8-12-24(13-9-19)33-18-22-16-21(17-25(30)31)26(32)28(22)15-3-5-20-6-10-23(29)11-7-20/h6-13,21-22,29H,1-5,14-18,27H2,(H,30,31)/t21-,22-/m0/s1. The number of aryl methyl sites for hydroxylation is 2. The Hall–Kier alpha value is -3.06. The summed E-state index contributed by atoms with van der Waals surface area (Å²) in [4.78, 5) is 25.9. The van der Waals surface area contributed by atoms with Crippen molar-refractivity contribution in [3.05, 3.63) is 59.7 Å². The molecular weight excluding hydrogens is 420 g/mol. The molecule has 33 heavy (non-hydrogen) atoms. The summed E-state index contributed by atoms with van der Waals surface area (Å²) in [7, 11) is 0. The topological polar surface area (TPSA) is 113 Å². The highest BCUT2D eigenvalue weighted by molar-refractivity contribution is 5.85. The highest BCUT2D eigenvalue weighted by atomic mass is 16.5. The van der Waals surface area contributed by atoms with Gasteiger partial charge in [-0.3, -0.25) is 9.59 Å². The van der Waals surface area contributed by atoms with E-state index in [4.69, 9.17) is 10.5 Å². The molecule has 1 aliphatic rings. The lowest BCUT2D eigenvalue weighted by atomic mass is 10.0. The molecule has 0 radical (unpaired) electrons. The van der Waals surface area contributed by atoms with Crippen molar-refractivity contribution in [2.24, 2.45) is 11.7 Å². The van der Waals surface area contributed by atoms with Crippen molar-refractivity contribution in [3.63, 3.8) is 0 Å². The first-order valence-electron chi connectivity index (χ1n) is 11.7. The first kappa shape index (κ1) is 24.6. The van der Waals surface area contributed by atoms with Crippen LogP contribution in [0, 0.1) is 5.92 Å². The van der Waals surface area contributed by atoms with Gasteiger partial charge in [0.2, 0.25) is 5.91 Å². The second-order valence-electron chi connectivity index (χ2n) is 8.69. The fourth-order valence-electron chi connectivity index (χ4n) is 4.34. The maximum atomic E-state index is 12.9. The Kier molecular flexibility index (Phi) is 9.13. The summed E-state index contributed by atoms with van der Waals surface area (Å²) in [6, 6.07) is 14.9. The Bertz CT molecular complexity index is 898. The second kappa shape index (κ2) is 12.3. The van der Waals surface area contributed by atoms with Crippen LogP contribution in [0.3, 0.4) is 0 Å². The molecule has 1 amide bonds. The minimum absolute atomic E-state index is 0.105. The molecule has 2 aromatic rings. The summed E-state index contributed by atoms with van der Waals surface area (Å²) in [5.74, 6) is -0.590. The summed E-state index contributed by atoms with van der Waals surface area (Å²) in [5, 5.41) is 18.6. The van der Waals surface area contributed by atoms with Crippen LogP contribution in [0.4, 0.5) is 0 Å². The summed E-state index contributed by atoms with van der Waals surface area (Å²) < 4.78 is 5.99. The number of benzene rings is 2. The minimum Gasteiger partial charge on any atom is -0.508 e. The molecule has 0 aromatic heterocycles. The minimum atomic E-state index is -0.954. The van der Waals surface area contributed by atoms with Gasteiger partial charge >= 0.3 is 5.97 Å². The lowest BCUT2D eigenvalue weighted by molar-refractivity contribution is -0.142. The zero-order valence-corrected chi connectivity index (χ0v) is 19.0. The summed E-state index contributed by atoms with van der Waals surface area (Å²) >= 11 is 0. The van der Waals surface area contributed by atoms with Crippen LogP contribution >= 0.6 is 0 Å². The molecule has 3 rings (SSSR count). The molecule has 0 saturated carbocycles. The van der Waals surface area contributed by atoms with E-state index in [1.165, 1.54) is 5.56 Å². The normalized spacial score (nSPS) is 18.0. The van der Waals surface area contributed by atoms with Gasteiger partial charge in [-0.1, -0.05) is 24.3 Å². The van der Waals surface area contributed by atoms with Crippen LogP contribution in [0.2, 0.25) is 0 Å². The third kappa shape index (κ3) is 7.49. The highest BCUT2D eigenvalue weighted by Gasteiger charge is 2.40. The van der Waals surface area contributed by atoms with E-state index >= 15 is 0 Å². The van der Waals surface area contributed by atoms with Crippen LogP contribution < -0.4 is 10.5 Å². The fourth-order valence-corrected chi connectivity index (χ4v) is 4.34. The van der Waals surface area contributed by atoms with Crippen LogP contribution in [0.15, 0.2) is 48.5 Å². The Labute approximate surface area is 195 Å². The average molecular weight is 455 g/mol. The molecule has 7 nitrogen and oxygen atoms in total. The molecular formula is C26H34N2O5. The number of carbonyl (C=O) groups is 2. The van der Waals surface area contributed by atoms with E-state index in [1.54, 1.807) is 17.0 Å². The number of nitrogens with two attached hydrogens (primary N) is 1. The van der Waals surface area contributed by atoms with Gasteiger partial charge in [0, 0.05) is 6.54 Å². The number of phenols is 1. The number of ether oxygens (including phenoxy) is 1. The third-order valence-electron chi connectivity index (χ3n) is 6.14. The molecule has 178 valence electrons. The first-order chi connectivity index (χ1) is 16.0. The highest BCUT2D eigenvalue weighted by Crippen LogP contribution is 2.29. The number of aromatic hydroxyl groups is 1. The van der Waals surface area contributed by atoms with Gasteiger partial charge in [0.25, 0.3) is 0 Å². The van der Waals surface area contributed by atoms with Crippen LogP contribution in [0.25, 0.3) is 0 Å². The maximum absolute atomic E-state index is 12.9. The van der Waals surface area contributed by atoms with Gasteiger partial charge in [-0.15, -0.1) is 0 Å². The number of aliphatic carboxylic acids is 1. The van der Waals surface area contributed by atoms with Crippen LogP contribution in [-0.4, -0.2) is 52.7 Å². The van der Waals surface area contributed by atoms with Gasteiger partial charge < -0.3 is 25.6 Å². The van der Waals surface area contributed by atoms with Crippen molar-refractivity contribution in [3.8, 4) is 11.5 Å². The number of hydrogen-bond donors (Lipinski definition) is 3. The lowest BCUT2D eigenvalue weighted by Crippen LogP contribution is -2.38. The number of rotatable bonds is 13. The molecule has 7 heteroatoms. The number of amides is 1. The van der Waals surface area contributed by atoms with E-state index in [0.29, 0.717) is 26.1 Å². The van der Waals surface area contributed by atoms with E-state index in [9.17, 15) is 19.8 Å². The zero-order valence-electron chi connectivity index (χ0n) is 19.0. The first-order valence-corrected chi connectivity index (χ1v) is 11.7. The van der Waals surface area contributed by atoms with Gasteiger partial charge in [-0.05, 0) is 80.5 Å². The second-order valence-corrected chi connectivity index (χ2v) is 8.69. The Morgan fingerprint density at radius 2 is 1.64 bits per heavy atom. The van der Waals surface area contributed by atoms with Gasteiger partial charge in [-0.2, -0.15) is 0 Å². The van der Waals surface area contributed by atoms with Gasteiger partial charge in [0.15, 0.2) is 0 Å². The molecule has 4 N–H and O–H groups in total. The van der Waals surface area contributed by atoms with Gasteiger partial charge in [0.05, 0.1) is 18.4 Å². The third-order valence-corrected chi connectivity index (χ3v) is 6.14. The van der Waals surface area contributed by atoms with E-state index in [1.807, 2.05) is 36.4 Å². The van der Waals surface area contributed by atoms with E-state index in [2.05, 4.69) is 0 Å². The number of phenolic OH excluding ortho intramolecular Hbond substituents is 1. The van der Waals surface area contributed by atoms with E-state index in [-0.39, 0.29) is 24.1 Å². The number of carbonyl (C=O) groups excluding carboxylic acids is 1. The van der Waals surface area contributed by atoms with Crippen molar-refractivity contribution >= 4 is 11.9 Å². The lowest BCUT2D eigenvalue weighted by Gasteiger charge is -2.25. The van der Waals surface area contributed by atoms with Crippen molar-refractivity contribution in [2.75, 3.05) is 19.7 Å². The molecule has 0 aliphatic carbocycles. The molecule has 2 aromatic carbocycles. The number of carboxylic acid groups (broad SMARTS) is 1. The summed E-state index contributed by atoms with van der Waals surface area (Å²) in [5.41, 5.74) is 7.87. The number of carboxylic acids is 1. The van der Waals surface area contributed by atoms with Crippen molar-refractivity contribution in [1.29, 1.82) is 0 Å². The Morgan fingerprint density at radius 1 is 1.00 bits per heavy atom. The van der Waals surface area contributed by atoms with Crippen LogP contribution in [0.5, 0.6) is 11.5 Å². The van der Waals surface area contributed by atoms with E-state index in [0.717, 1.165) is 43.4 Å². The van der Waals surface area contributed by atoms with E-state index < -0.39 is 11.9 Å². The fraction of sp³-hybridized carbons (Fsp3) is 0.462. The Balaban J connectivity index is 1.56. The predicted octanol–water partition coefficient (Wildman–Crippen LogP) is 3.38. The van der Waals surface area contributed by atoms with Crippen molar-refractivity contribution in [1.82, 2.24) is 4.90 Å². The van der Waals surface area contributed by atoms with Crippen LogP contribution in [-0.2, 0) is 22.4 Å². The average Bonchev–Trinajstić information content (AvgIpc) is 3.08. The largest absolute Gasteiger partial charge is 0.508 e. The molecule has 1 heterocycles.